The molecule has 0 aliphatic heterocycles. The molecule has 3 aromatic rings. The van der Waals surface area contributed by atoms with Crippen LogP contribution in [0.5, 0.6) is 23.0 Å². The molecule has 10 N–H and O–H groups in total. The van der Waals surface area contributed by atoms with Gasteiger partial charge < -0.3 is 66.0 Å². The minimum absolute atomic E-state index is 0.0123. The first-order valence-corrected chi connectivity index (χ1v) is 16.8. The van der Waals surface area contributed by atoms with Crippen LogP contribution in [-0.4, -0.2) is 137 Å². The van der Waals surface area contributed by atoms with Crippen LogP contribution < -0.4 is 38.1 Å². The molecular weight excluding hydrogens is 712 g/mol. The molecule has 0 bridgehead atoms. The molecule has 4 amide bonds. The van der Waals surface area contributed by atoms with Crippen LogP contribution in [0.15, 0.2) is 46.2 Å². The average Bonchev–Trinajstić information content (AvgIpc) is 3.14. The lowest BCUT2D eigenvalue weighted by Crippen LogP contribution is -2.43. The molecule has 0 unspecified atom stereocenters. The molecule has 1 aromatic carbocycles. The van der Waals surface area contributed by atoms with Gasteiger partial charge in [0.1, 0.15) is 0 Å². The molecule has 2 heterocycles. The van der Waals surface area contributed by atoms with Gasteiger partial charge in [0.25, 0.3) is 34.7 Å². The molecule has 0 fully saturated rings. The van der Waals surface area contributed by atoms with Gasteiger partial charge in [0.2, 0.25) is 0 Å². The predicted octanol–water partition coefficient (Wildman–Crippen LogP) is -2.48. The minimum Gasteiger partial charge on any atom is -0.504 e. The number of carbonyl (C=O) groups is 4. The van der Waals surface area contributed by atoms with Gasteiger partial charge >= 0.3 is 0 Å². The van der Waals surface area contributed by atoms with Gasteiger partial charge in [-0.2, -0.15) is 0 Å². The van der Waals surface area contributed by atoms with E-state index in [1.165, 1.54) is 50.8 Å². The van der Waals surface area contributed by atoms with Crippen LogP contribution in [0.2, 0.25) is 0 Å². The highest BCUT2D eigenvalue weighted by molar-refractivity contribution is 6.03. The first kappa shape index (κ1) is 42.5. The maximum Gasteiger partial charge on any atom is 0.293 e. The Kier molecular flexibility index (Phi) is 16.4. The summed E-state index contributed by atoms with van der Waals surface area (Å²) in [7, 11) is 2.83. The Labute approximate surface area is 309 Å². The standard InChI is InChI=1S/C34H46N8O12/c1-40-12-5-23(27(45)33(40)51)31(49)37-9-15-42(16-10-38-32(50)24-6-13-41(2)34(52)28(24)46)14-8-36-29(47)21-3-4-22(26(44)25(21)43)30(48)39-11-18-54-20-19-53-17-7-35/h3-6,12-13,43-46H,7-11,14-20,35H2,1-2H3,(H,36,47)(H,37,49)(H,38,50)(H,39,48). The van der Waals surface area contributed by atoms with Crippen molar-refractivity contribution in [3.63, 3.8) is 0 Å². The first-order valence-electron chi connectivity index (χ1n) is 16.8. The Hall–Kier alpha value is -5.96. The van der Waals surface area contributed by atoms with E-state index in [1.807, 2.05) is 0 Å². The van der Waals surface area contributed by atoms with Crippen LogP contribution in [0.3, 0.4) is 0 Å². The van der Waals surface area contributed by atoms with Gasteiger partial charge in [-0.15, -0.1) is 0 Å². The van der Waals surface area contributed by atoms with E-state index in [2.05, 4.69) is 21.3 Å². The molecule has 2 aromatic heterocycles. The summed E-state index contributed by atoms with van der Waals surface area (Å²) in [6.45, 7) is 2.15. The zero-order valence-corrected chi connectivity index (χ0v) is 29.9. The molecule has 20 heteroatoms. The molecule has 20 nitrogen and oxygen atoms in total. The van der Waals surface area contributed by atoms with Gasteiger partial charge in [-0.25, -0.2) is 0 Å². The highest BCUT2D eigenvalue weighted by Gasteiger charge is 2.22. The third-order valence-corrected chi connectivity index (χ3v) is 7.92. The summed E-state index contributed by atoms with van der Waals surface area (Å²) in [5.41, 5.74) is 2.81. The zero-order valence-electron chi connectivity index (χ0n) is 29.9. The Bertz CT molecular complexity index is 1830. The Morgan fingerprint density at radius 2 is 0.926 bits per heavy atom. The van der Waals surface area contributed by atoms with Crippen molar-refractivity contribution in [2.75, 3.05) is 78.8 Å². The number of nitrogens with zero attached hydrogens (tertiary/aromatic N) is 3. The normalized spacial score (nSPS) is 11.0. The number of hydrogen-bond acceptors (Lipinski definition) is 14. The van der Waals surface area contributed by atoms with Crippen LogP contribution in [-0.2, 0) is 23.6 Å². The molecular formula is C34H46N8O12. The predicted molar refractivity (Wildman–Crippen MR) is 193 cm³/mol. The second kappa shape index (κ2) is 20.9. The molecule has 54 heavy (non-hydrogen) atoms. The Balaban J connectivity index is 1.59. The fourth-order valence-corrected chi connectivity index (χ4v) is 4.88. The second-order valence-electron chi connectivity index (χ2n) is 11.7. The number of phenols is 2. The van der Waals surface area contributed by atoms with Crippen molar-refractivity contribution in [3.05, 3.63) is 79.6 Å². The summed E-state index contributed by atoms with van der Waals surface area (Å²) < 4.78 is 12.7. The number of benzene rings is 1. The smallest absolute Gasteiger partial charge is 0.293 e. The lowest BCUT2D eigenvalue weighted by Gasteiger charge is -2.23. The van der Waals surface area contributed by atoms with Crippen LogP contribution in [0, 0.1) is 0 Å². The maximum absolute atomic E-state index is 13.0. The Morgan fingerprint density at radius 1 is 0.574 bits per heavy atom. The lowest BCUT2D eigenvalue weighted by molar-refractivity contribution is 0.0511. The number of phenolic OH excluding ortho intramolecular Hbond substituents is 2. The summed E-state index contributed by atoms with van der Waals surface area (Å²) >= 11 is 0. The molecule has 0 radical (unpaired) electrons. The highest BCUT2D eigenvalue weighted by atomic mass is 16.5. The number of hydrogen-bond donors (Lipinski definition) is 9. The number of rotatable bonds is 21. The number of amides is 4. The van der Waals surface area contributed by atoms with Crippen molar-refractivity contribution >= 4 is 23.6 Å². The van der Waals surface area contributed by atoms with Crippen LogP contribution in [0.1, 0.15) is 41.4 Å². The summed E-state index contributed by atoms with van der Waals surface area (Å²) in [4.78, 5) is 76.6. The van der Waals surface area contributed by atoms with E-state index in [0.29, 0.717) is 26.4 Å². The summed E-state index contributed by atoms with van der Waals surface area (Å²) in [6, 6.07) is 4.92. The lowest BCUT2D eigenvalue weighted by atomic mass is 10.1. The van der Waals surface area contributed by atoms with E-state index in [4.69, 9.17) is 15.2 Å². The molecule has 0 aliphatic rings. The zero-order chi connectivity index (χ0) is 39.8. The monoisotopic (exact) mass is 758 g/mol. The fraction of sp³-hybridized carbons (Fsp3) is 0.412. The fourth-order valence-electron chi connectivity index (χ4n) is 4.88. The van der Waals surface area contributed by atoms with Crippen molar-refractivity contribution in [2.45, 2.75) is 0 Å². The summed E-state index contributed by atoms with van der Waals surface area (Å²) in [6.07, 6.45) is 2.66. The summed E-state index contributed by atoms with van der Waals surface area (Å²) in [5.74, 6) is -5.94. The highest BCUT2D eigenvalue weighted by Crippen LogP contribution is 2.32. The molecule has 0 spiro atoms. The number of nitrogens with two attached hydrogens (primary N) is 1. The number of ether oxygens (including phenoxy) is 2. The quantitative estimate of drug-likeness (QED) is 0.0402. The van der Waals surface area contributed by atoms with Gasteiger partial charge in [-0.3, -0.25) is 33.7 Å². The molecule has 0 aliphatic carbocycles. The van der Waals surface area contributed by atoms with Crippen LogP contribution in [0.4, 0.5) is 0 Å². The maximum atomic E-state index is 13.0. The number of pyridine rings is 2. The average molecular weight is 759 g/mol. The second-order valence-corrected chi connectivity index (χ2v) is 11.7. The van der Waals surface area contributed by atoms with Gasteiger partial charge in [-0.1, -0.05) is 0 Å². The number of aryl methyl sites for hydroxylation is 2. The Morgan fingerprint density at radius 3 is 1.31 bits per heavy atom. The third kappa shape index (κ3) is 11.8. The van der Waals surface area contributed by atoms with Crippen molar-refractivity contribution in [3.8, 4) is 23.0 Å². The number of aromatic hydroxyl groups is 4. The first-order chi connectivity index (χ1) is 25.8. The SMILES string of the molecule is Cn1ccc(C(=O)NCCN(CCNC(=O)c2ccc(C(=O)NCCOCCOCCN)c(O)c2O)CCNC(=O)c2ccn(C)c(=O)c2O)c(O)c1=O. The topological polar surface area (TPSA) is 289 Å². The summed E-state index contributed by atoms with van der Waals surface area (Å²) in [5, 5.41) is 51.6. The molecule has 0 atom stereocenters. The molecule has 294 valence electrons. The van der Waals surface area contributed by atoms with Gasteiger partial charge in [-0.05, 0) is 24.3 Å². The number of carbonyl (C=O) groups excluding carboxylic acids is 4. The van der Waals surface area contributed by atoms with Gasteiger partial charge in [0.05, 0.1) is 48.7 Å². The van der Waals surface area contributed by atoms with E-state index >= 15 is 0 Å². The number of aromatic nitrogens is 2. The van der Waals surface area contributed by atoms with E-state index in [-0.39, 0.29) is 74.7 Å². The van der Waals surface area contributed by atoms with Gasteiger partial charge in [0, 0.05) is 78.8 Å². The van der Waals surface area contributed by atoms with Crippen molar-refractivity contribution in [2.24, 2.45) is 19.8 Å². The van der Waals surface area contributed by atoms with Crippen molar-refractivity contribution < 1.29 is 49.1 Å². The molecule has 0 saturated heterocycles. The van der Waals surface area contributed by atoms with Crippen molar-refractivity contribution in [1.82, 2.24) is 35.3 Å². The van der Waals surface area contributed by atoms with E-state index in [1.54, 1.807) is 4.90 Å². The van der Waals surface area contributed by atoms with Crippen LogP contribution in [0.25, 0.3) is 0 Å². The largest absolute Gasteiger partial charge is 0.504 e. The number of nitrogens with one attached hydrogen (secondary N) is 4. The molecule has 0 saturated carbocycles. The van der Waals surface area contributed by atoms with E-state index < -0.39 is 57.7 Å². The minimum atomic E-state index is -0.811. The van der Waals surface area contributed by atoms with Gasteiger partial charge in [0.15, 0.2) is 23.0 Å². The van der Waals surface area contributed by atoms with Crippen molar-refractivity contribution in [1.29, 1.82) is 0 Å². The van der Waals surface area contributed by atoms with Crippen LogP contribution >= 0.6 is 0 Å². The third-order valence-electron chi connectivity index (χ3n) is 7.92. The molecule has 3 rings (SSSR count). The van der Waals surface area contributed by atoms with E-state index in [0.717, 1.165) is 9.13 Å². The van der Waals surface area contributed by atoms with E-state index in [9.17, 15) is 49.2 Å².